The van der Waals surface area contributed by atoms with E-state index in [4.69, 9.17) is 0 Å². The Balaban J connectivity index is 1.97. The molecule has 0 aromatic carbocycles. The first-order valence-corrected chi connectivity index (χ1v) is 6.77. The predicted octanol–water partition coefficient (Wildman–Crippen LogP) is 2.50. The van der Waals surface area contributed by atoms with E-state index in [0.717, 1.165) is 30.5 Å². The number of carbonyl (C=O) groups excluding carboxylic acids is 1. The maximum atomic E-state index is 11.3. The van der Waals surface area contributed by atoms with Crippen LogP contribution in [-0.4, -0.2) is 29.3 Å². The number of anilines is 1. The van der Waals surface area contributed by atoms with Crippen LogP contribution in [-0.2, 0) is 4.74 Å². The fourth-order valence-corrected chi connectivity index (χ4v) is 2.90. The lowest BCUT2D eigenvalue weighted by Gasteiger charge is -2.32. The molecule has 0 saturated heterocycles. The van der Waals surface area contributed by atoms with Gasteiger partial charge in [-0.05, 0) is 43.2 Å². The molecule has 0 bridgehead atoms. The van der Waals surface area contributed by atoms with Crippen LogP contribution in [0.4, 0.5) is 5.82 Å². The second-order valence-electron chi connectivity index (χ2n) is 5.55. The Morgan fingerprint density at radius 2 is 1.89 bits per heavy atom. The van der Waals surface area contributed by atoms with Gasteiger partial charge in [-0.15, -0.1) is 10.2 Å². The van der Waals surface area contributed by atoms with Gasteiger partial charge in [0.25, 0.3) is 0 Å². The van der Waals surface area contributed by atoms with Gasteiger partial charge in [0, 0.05) is 6.04 Å². The minimum absolute atomic E-state index is 0.235. The molecule has 1 aliphatic rings. The molecule has 1 saturated carbocycles. The van der Waals surface area contributed by atoms with Crippen molar-refractivity contribution in [1.82, 2.24) is 10.2 Å². The first-order valence-electron chi connectivity index (χ1n) is 6.77. The molecule has 1 heterocycles. The van der Waals surface area contributed by atoms with Gasteiger partial charge in [-0.1, -0.05) is 13.8 Å². The molecule has 1 aromatic heterocycles. The second-order valence-corrected chi connectivity index (χ2v) is 5.55. The molecular formula is C14H21N3O2. The number of hydrogen-bond acceptors (Lipinski definition) is 5. The third-order valence-electron chi connectivity index (χ3n) is 3.59. The highest BCUT2D eigenvalue weighted by atomic mass is 16.5. The van der Waals surface area contributed by atoms with E-state index in [2.05, 4.69) is 34.1 Å². The summed E-state index contributed by atoms with van der Waals surface area (Å²) in [6.45, 7) is 4.58. The summed E-state index contributed by atoms with van der Waals surface area (Å²) in [6.07, 6.45) is 3.61. The Morgan fingerprint density at radius 3 is 2.42 bits per heavy atom. The van der Waals surface area contributed by atoms with Crippen LogP contribution >= 0.6 is 0 Å². The Kier molecular flexibility index (Phi) is 4.35. The number of hydrogen-bond donors (Lipinski definition) is 1. The lowest BCUT2D eigenvalue weighted by atomic mass is 9.80. The van der Waals surface area contributed by atoms with Gasteiger partial charge in [0.2, 0.25) is 0 Å². The van der Waals surface area contributed by atoms with Gasteiger partial charge in [0.1, 0.15) is 5.82 Å². The summed E-state index contributed by atoms with van der Waals surface area (Å²) in [4.78, 5) is 11.3. The zero-order valence-electron chi connectivity index (χ0n) is 11.7. The topological polar surface area (TPSA) is 64.1 Å². The molecule has 19 heavy (non-hydrogen) atoms. The van der Waals surface area contributed by atoms with Crippen LogP contribution < -0.4 is 5.32 Å². The summed E-state index contributed by atoms with van der Waals surface area (Å²) < 4.78 is 4.59. The molecule has 0 radical (unpaired) electrons. The first-order chi connectivity index (χ1) is 9.08. The molecule has 0 spiro atoms. The van der Waals surface area contributed by atoms with E-state index >= 15 is 0 Å². The van der Waals surface area contributed by atoms with Gasteiger partial charge >= 0.3 is 5.97 Å². The van der Waals surface area contributed by atoms with Crippen molar-refractivity contribution in [1.29, 1.82) is 0 Å². The number of aromatic nitrogens is 2. The minimum atomic E-state index is -0.459. The Labute approximate surface area is 113 Å². The van der Waals surface area contributed by atoms with E-state index < -0.39 is 5.97 Å². The van der Waals surface area contributed by atoms with Crippen molar-refractivity contribution >= 4 is 11.8 Å². The maximum Gasteiger partial charge on any atom is 0.358 e. The zero-order valence-corrected chi connectivity index (χ0v) is 11.7. The van der Waals surface area contributed by atoms with E-state index in [1.54, 1.807) is 12.1 Å². The lowest BCUT2D eigenvalue weighted by molar-refractivity contribution is 0.0593. The average molecular weight is 263 g/mol. The molecule has 1 aliphatic carbocycles. The van der Waals surface area contributed by atoms with Gasteiger partial charge in [-0.25, -0.2) is 4.79 Å². The van der Waals surface area contributed by atoms with E-state index in [1.165, 1.54) is 13.5 Å². The molecule has 104 valence electrons. The lowest BCUT2D eigenvalue weighted by Crippen LogP contribution is -2.30. The van der Waals surface area contributed by atoms with E-state index in [-0.39, 0.29) is 5.69 Å². The van der Waals surface area contributed by atoms with Crippen molar-refractivity contribution in [3.05, 3.63) is 17.8 Å². The van der Waals surface area contributed by atoms with Crippen molar-refractivity contribution < 1.29 is 9.53 Å². The second kappa shape index (κ2) is 5.99. The fraction of sp³-hybridized carbons (Fsp3) is 0.643. The third-order valence-corrected chi connectivity index (χ3v) is 3.59. The largest absolute Gasteiger partial charge is 0.464 e. The van der Waals surface area contributed by atoms with Gasteiger partial charge in [0.05, 0.1) is 7.11 Å². The number of nitrogens with zero attached hydrogens (tertiary/aromatic N) is 2. The third kappa shape index (κ3) is 3.66. The normalized spacial score (nSPS) is 26.8. The van der Waals surface area contributed by atoms with Gasteiger partial charge in [-0.3, -0.25) is 0 Å². The van der Waals surface area contributed by atoms with Crippen LogP contribution in [0.5, 0.6) is 0 Å². The Hall–Kier alpha value is -1.65. The van der Waals surface area contributed by atoms with Crippen LogP contribution in [0.15, 0.2) is 12.1 Å². The summed E-state index contributed by atoms with van der Waals surface area (Å²) in [5.41, 5.74) is 0.235. The molecule has 2 unspecified atom stereocenters. The highest BCUT2D eigenvalue weighted by Gasteiger charge is 2.24. The van der Waals surface area contributed by atoms with Gasteiger partial charge < -0.3 is 10.1 Å². The molecule has 1 aromatic rings. The van der Waals surface area contributed by atoms with Crippen LogP contribution in [0.1, 0.15) is 43.6 Å². The number of methoxy groups -OCH3 is 1. The first kappa shape index (κ1) is 13.8. The van der Waals surface area contributed by atoms with Gasteiger partial charge in [-0.2, -0.15) is 0 Å². The predicted molar refractivity (Wildman–Crippen MR) is 73.0 cm³/mol. The molecule has 5 heteroatoms. The van der Waals surface area contributed by atoms with Crippen LogP contribution in [0, 0.1) is 11.8 Å². The maximum absolute atomic E-state index is 11.3. The van der Waals surface area contributed by atoms with Crippen LogP contribution in [0.25, 0.3) is 0 Å². The van der Waals surface area contributed by atoms with Crippen molar-refractivity contribution in [3.63, 3.8) is 0 Å². The van der Waals surface area contributed by atoms with Crippen molar-refractivity contribution in [3.8, 4) is 0 Å². The molecule has 0 amide bonds. The molecule has 0 aliphatic heterocycles. The molecule has 1 fully saturated rings. The quantitative estimate of drug-likeness (QED) is 0.849. The summed E-state index contributed by atoms with van der Waals surface area (Å²) in [5, 5.41) is 11.3. The van der Waals surface area contributed by atoms with Crippen LogP contribution in [0.3, 0.4) is 0 Å². The molecule has 2 atom stereocenters. The molecule has 1 N–H and O–H groups in total. The van der Waals surface area contributed by atoms with E-state index in [0.29, 0.717) is 6.04 Å². The van der Waals surface area contributed by atoms with Crippen molar-refractivity contribution in [2.24, 2.45) is 11.8 Å². The molecule has 2 rings (SSSR count). The van der Waals surface area contributed by atoms with E-state index in [1.807, 2.05) is 0 Å². The fourth-order valence-electron chi connectivity index (χ4n) is 2.90. The number of ether oxygens (including phenoxy) is 1. The number of esters is 1. The zero-order chi connectivity index (χ0) is 13.8. The smallest absolute Gasteiger partial charge is 0.358 e. The minimum Gasteiger partial charge on any atom is -0.464 e. The number of rotatable bonds is 3. The average Bonchev–Trinajstić information content (AvgIpc) is 2.37. The standard InChI is InChI=1S/C14H21N3O2/c1-9-6-10(2)8-11(7-9)15-13-5-4-12(16-17-13)14(18)19-3/h4-5,9-11H,6-8H2,1-3H3,(H,15,17). The van der Waals surface area contributed by atoms with E-state index in [9.17, 15) is 4.79 Å². The monoisotopic (exact) mass is 263 g/mol. The highest BCUT2D eigenvalue weighted by Crippen LogP contribution is 2.29. The van der Waals surface area contributed by atoms with Crippen molar-refractivity contribution in [2.45, 2.75) is 39.2 Å². The highest BCUT2D eigenvalue weighted by molar-refractivity contribution is 5.86. The molecular weight excluding hydrogens is 242 g/mol. The molecule has 5 nitrogen and oxygen atoms in total. The van der Waals surface area contributed by atoms with Gasteiger partial charge in [0.15, 0.2) is 5.69 Å². The Morgan fingerprint density at radius 1 is 1.21 bits per heavy atom. The van der Waals surface area contributed by atoms with Crippen molar-refractivity contribution in [2.75, 3.05) is 12.4 Å². The number of nitrogens with one attached hydrogen (secondary N) is 1. The summed E-state index contributed by atoms with van der Waals surface area (Å²) in [5.74, 6) is 1.74. The summed E-state index contributed by atoms with van der Waals surface area (Å²) in [7, 11) is 1.33. The Bertz CT molecular complexity index is 423. The summed E-state index contributed by atoms with van der Waals surface area (Å²) in [6, 6.07) is 3.86. The summed E-state index contributed by atoms with van der Waals surface area (Å²) >= 11 is 0. The van der Waals surface area contributed by atoms with Crippen LogP contribution in [0.2, 0.25) is 0 Å². The number of carbonyl (C=O) groups is 1. The SMILES string of the molecule is COC(=O)c1ccc(NC2CC(C)CC(C)C2)nn1.